The van der Waals surface area contributed by atoms with Crippen molar-refractivity contribution in [1.29, 1.82) is 0 Å². The fraction of sp³-hybridized carbons (Fsp3) is 0.231. The van der Waals surface area contributed by atoms with E-state index >= 15 is 0 Å². The number of H-pyrrole nitrogens is 1. The lowest BCUT2D eigenvalue weighted by atomic mass is 10.1. The highest BCUT2D eigenvalue weighted by atomic mass is 16.2. The van der Waals surface area contributed by atoms with E-state index in [0.29, 0.717) is 12.2 Å². The number of nitrogens with one attached hydrogen (secondary N) is 1. The molecule has 0 bridgehead atoms. The van der Waals surface area contributed by atoms with Gasteiger partial charge in [0, 0.05) is 19.8 Å². The average Bonchev–Trinajstić information content (AvgIpc) is 2.84. The molecule has 0 saturated carbocycles. The summed E-state index contributed by atoms with van der Waals surface area (Å²) < 4.78 is 0. The van der Waals surface area contributed by atoms with E-state index in [1.54, 1.807) is 24.2 Å². The fourth-order valence-corrected chi connectivity index (χ4v) is 1.62. The molecule has 0 spiro atoms. The van der Waals surface area contributed by atoms with Crippen LogP contribution in [0.5, 0.6) is 0 Å². The summed E-state index contributed by atoms with van der Waals surface area (Å²) in [4.78, 5) is 13.6. The number of aryl methyl sites for hydroxylation is 1. The molecular formula is C13H15N3O. The van der Waals surface area contributed by atoms with Gasteiger partial charge in [-0.15, -0.1) is 0 Å². The van der Waals surface area contributed by atoms with Gasteiger partial charge in [0.15, 0.2) is 0 Å². The second-order valence-electron chi connectivity index (χ2n) is 4.12. The molecule has 4 nitrogen and oxygen atoms in total. The van der Waals surface area contributed by atoms with Crippen molar-refractivity contribution in [2.45, 2.75) is 13.5 Å². The van der Waals surface area contributed by atoms with Gasteiger partial charge < -0.3 is 4.90 Å². The molecule has 0 saturated heterocycles. The van der Waals surface area contributed by atoms with E-state index in [9.17, 15) is 4.79 Å². The smallest absolute Gasteiger partial charge is 0.271 e. The molecule has 0 radical (unpaired) electrons. The molecule has 0 unspecified atom stereocenters. The Balaban J connectivity index is 2.04. The van der Waals surface area contributed by atoms with E-state index in [2.05, 4.69) is 10.2 Å². The topological polar surface area (TPSA) is 49.0 Å². The van der Waals surface area contributed by atoms with Crippen molar-refractivity contribution >= 4 is 5.91 Å². The predicted molar refractivity (Wildman–Crippen MR) is 65.6 cm³/mol. The molecule has 2 rings (SSSR count). The Bertz CT molecular complexity index is 488. The van der Waals surface area contributed by atoms with Gasteiger partial charge in [-0.25, -0.2) is 0 Å². The standard InChI is InChI=1S/C13H15N3O/c1-10-3-5-11(6-4-10)9-16(2)13(17)12-7-8-14-15-12/h3-8H,9H2,1-2H3,(H,14,15). The first kappa shape index (κ1) is 11.4. The number of aromatic nitrogens is 2. The highest BCUT2D eigenvalue weighted by molar-refractivity contribution is 5.91. The average molecular weight is 229 g/mol. The summed E-state index contributed by atoms with van der Waals surface area (Å²) in [6, 6.07) is 9.83. The minimum atomic E-state index is -0.0527. The largest absolute Gasteiger partial charge is 0.336 e. The Kier molecular flexibility index (Phi) is 3.23. The van der Waals surface area contributed by atoms with Crippen molar-refractivity contribution in [2.24, 2.45) is 0 Å². The Labute approximate surface area is 100 Å². The summed E-state index contributed by atoms with van der Waals surface area (Å²) >= 11 is 0. The molecule has 1 aromatic heterocycles. The molecule has 1 aromatic carbocycles. The third-order valence-electron chi connectivity index (χ3n) is 2.62. The Hall–Kier alpha value is -2.10. The second kappa shape index (κ2) is 4.82. The zero-order valence-corrected chi connectivity index (χ0v) is 9.97. The number of amides is 1. The van der Waals surface area contributed by atoms with Gasteiger partial charge in [0.05, 0.1) is 0 Å². The number of hydrogen-bond donors (Lipinski definition) is 1. The maximum atomic E-state index is 11.9. The number of carbonyl (C=O) groups excluding carboxylic acids is 1. The first-order chi connectivity index (χ1) is 8.16. The lowest BCUT2D eigenvalue weighted by molar-refractivity contribution is 0.0779. The Morgan fingerprint density at radius 1 is 1.29 bits per heavy atom. The van der Waals surface area contributed by atoms with Gasteiger partial charge in [-0.2, -0.15) is 5.10 Å². The monoisotopic (exact) mass is 229 g/mol. The molecule has 0 aliphatic carbocycles. The molecule has 1 heterocycles. The van der Waals surface area contributed by atoms with Crippen molar-refractivity contribution in [3.05, 3.63) is 53.3 Å². The van der Waals surface area contributed by atoms with Crippen molar-refractivity contribution in [3.63, 3.8) is 0 Å². The van der Waals surface area contributed by atoms with Crippen LogP contribution in [0.4, 0.5) is 0 Å². The van der Waals surface area contributed by atoms with E-state index < -0.39 is 0 Å². The highest BCUT2D eigenvalue weighted by Crippen LogP contribution is 2.08. The predicted octanol–water partition coefficient (Wildman–Crippen LogP) is 1.99. The highest BCUT2D eigenvalue weighted by Gasteiger charge is 2.12. The summed E-state index contributed by atoms with van der Waals surface area (Å²) in [5.74, 6) is -0.0527. The number of rotatable bonds is 3. The lowest BCUT2D eigenvalue weighted by Crippen LogP contribution is -2.26. The fourth-order valence-electron chi connectivity index (χ4n) is 1.62. The number of nitrogens with zero attached hydrogens (tertiary/aromatic N) is 2. The number of hydrogen-bond acceptors (Lipinski definition) is 2. The van der Waals surface area contributed by atoms with Crippen LogP contribution >= 0.6 is 0 Å². The molecule has 2 aromatic rings. The van der Waals surface area contributed by atoms with Crippen LogP contribution in [-0.2, 0) is 6.54 Å². The zero-order valence-electron chi connectivity index (χ0n) is 9.97. The van der Waals surface area contributed by atoms with Gasteiger partial charge in [0.1, 0.15) is 5.69 Å². The molecular weight excluding hydrogens is 214 g/mol. The van der Waals surface area contributed by atoms with E-state index in [-0.39, 0.29) is 5.91 Å². The van der Waals surface area contributed by atoms with Gasteiger partial charge in [0.25, 0.3) is 5.91 Å². The molecule has 0 atom stereocenters. The van der Waals surface area contributed by atoms with E-state index in [1.165, 1.54) is 5.56 Å². The minimum absolute atomic E-state index is 0.0527. The van der Waals surface area contributed by atoms with Gasteiger partial charge in [0.2, 0.25) is 0 Å². The summed E-state index contributed by atoms with van der Waals surface area (Å²) in [5, 5.41) is 6.44. The van der Waals surface area contributed by atoms with Crippen LogP contribution in [0.25, 0.3) is 0 Å². The molecule has 1 amide bonds. The molecule has 17 heavy (non-hydrogen) atoms. The van der Waals surface area contributed by atoms with Crippen molar-refractivity contribution in [2.75, 3.05) is 7.05 Å². The third-order valence-corrected chi connectivity index (χ3v) is 2.62. The van der Waals surface area contributed by atoms with E-state index in [1.807, 2.05) is 31.2 Å². The maximum Gasteiger partial charge on any atom is 0.271 e. The van der Waals surface area contributed by atoms with Crippen LogP contribution in [0.2, 0.25) is 0 Å². The van der Waals surface area contributed by atoms with Crippen LogP contribution < -0.4 is 0 Å². The van der Waals surface area contributed by atoms with E-state index in [4.69, 9.17) is 0 Å². The van der Waals surface area contributed by atoms with E-state index in [0.717, 1.165) is 5.56 Å². The SMILES string of the molecule is Cc1ccc(CN(C)C(=O)c2ccn[nH]2)cc1. The maximum absolute atomic E-state index is 11.9. The summed E-state index contributed by atoms with van der Waals surface area (Å²) in [6.45, 7) is 2.64. The summed E-state index contributed by atoms with van der Waals surface area (Å²) in [5.41, 5.74) is 2.85. The van der Waals surface area contributed by atoms with Gasteiger partial charge >= 0.3 is 0 Å². The van der Waals surface area contributed by atoms with Crippen LogP contribution in [0.15, 0.2) is 36.5 Å². The molecule has 0 aliphatic rings. The number of benzene rings is 1. The second-order valence-corrected chi connectivity index (χ2v) is 4.12. The molecule has 1 N–H and O–H groups in total. The Morgan fingerprint density at radius 2 is 2.00 bits per heavy atom. The summed E-state index contributed by atoms with van der Waals surface area (Å²) in [7, 11) is 1.78. The van der Waals surface area contributed by atoms with Crippen LogP contribution in [0.1, 0.15) is 21.6 Å². The van der Waals surface area contributed by atoms with Gasteiger partial charge in [-0.1, -0.05) is 29.8 Å². The Morgan fingerprint density at radius 3 is 2.59 bits per heavy atom. The zero-order chi connectivity index (χ0) is 12.3. The molecule has 0 fully saturated rings. The lowest BCUT2D eigenvalue weighted by Gasteiger charge is -2.16. The summed E-state index contributed by atoms with van der Waals surface area (Å²) in [6.07, 6.45) is 1.58. The van der Waals surface area contributed by atoms with Crippen molar-refractivity contribution in [1.82, 2.24) is 15.1 Å². The van der Waals surface area contributed by atoms with Gasteiger partial charge in [-0.05, 0) is 18.6 Å². The van der Waals surface area contributed by atoms with Crippen molar-refractivity contribution in [3.8, 4) is 0 Å². The molecule has 88 valence electrons. The molecule has 4 heteroatoms. The minimum Gasteiger partial charge on any atom is -0.336 e. The van der Waals surface area contributed by atoms with Crippen LogP contribution in [0.3, 0.4) is 0 Å². The van der Waals surface area contributed by atoms with Crippen molar-refractivity contribution < 1.29 is 4.79 Å². The number of aromatic amines is 1. The van der Waals surface area contributed by atoms with Crippen LogP contribution in [0, 0.1) is 6.92 Å². The quantitative estimate of drug-likeness (QED) is 0.875. The van der Waals surface area contributed by atoms with Gasteiger partial charge in [-0.3, -0.25) is 9.89 Å². The third kappa shape index (κ3) is 2.72. The first-order valence-electron chi connectivity index (χ1n) is 5.47. The number of carbonyl (C=O) groups is 1. The molecule has 0 aliphatic heterocycles. The normalized spacial score (nSPS) is 10.2. The van der Waals surface area contributed by atoms with Crippen LogP contribution in [-0.4, -0.2) is 28.1 Å². The first-order valence-corrected chi connectivity index (χ1v) is 5.47.